The van der Waals surface area contributed by atoms with Gasteiger partial charge in [0, 0.05) is 31.7 Å². The minimum absolute atomic E-state index is 0.245. The van der Waals surface area contributed by atoms with Gasteiger partial charge in [0.25, 0.3) is 0 Å². The van der Waals surface area contributed by atoms with Crippen LogP contribution in [0.2, 0.25) is 0 Å². The number of rotatable bonds is 5. The number of fused-ring (bicyclic) bond motifs is 1. The number of aromatic nitrogens is 2. The van der Waals surface area contributed by atoms with Gasteiger partial charge in [0.1, 0.15) is 6.61 Å². The molecule has 1 aromatic heterocycles. The van der Waals surface area contributed by atoms with Gasteiger partial charge in [-0.3, -0.25) is 0 Å². The zero-order chi connectivity index (χ0) is 16.4. The van der Waals surface area contributed by atoms with Crippen molar-refractivity contribution in [3.8, 4) is 0 Å². The third-order valence-corrected chi connectivity index (χ3v) is 4.29. The molecule has 1 N–H and O–H groups in total. The third kappa shape index (κ3) is 2.84. The largest absolute Gasteiger partial charge is 0.448 e. The van der Waals surface area contributed by atoms with E-state index in [0.29, 0.717) is 32.2 Å². The SMILES string of the molecule is O=C1OCCN1CCNc1ncc2c(n1)CCN2c1ccccc1. The quantitative estimate of drug-likeness (QED) is 0.907. The van der Waals surface area contributed by atoms with Crippen LogP contribution in [-0.4, -0.2) is 53.7 Å². The molecule has 0 radical (unpaired) electrons. The van der Waals surface area contributed by atoms with E-state index < -0.39 is 0 Å². The van der Waals surface area contributed by atoms with Crippen molar-refractivity contribution < 1.29 is 9.53 Å². The Kier molecular flexibility index (Phi) is 3.90. The molecule has 7 nitrogen and oxygen atoms in total. The molecule has 124 valence electrons. The molecule has 1 aromatic carbocycles. The summed E-state index contributed by atoms with van der Waals surface area (Å²) in [5.41, 5.74) is 3.28. The molecule has 0 unspecified atom stereocenters. The van der Waals surface area contributed by atoms with Crippen molar-refractivity contribution >= 4 is 23.4 Å². The highest BCUT2D eigenvalue weighted by Gasteiger charge is 2.23. The third-order valence-electron chi connectivity index (χ3n) is 4.29. The van der Waals surface area contributed by atoms with E-state index in [9.17, 15) is 4.79 Å². The number of carbonyl (C=O) groups is 1. The molecule has 1 fully saturated rings. The van der Waals surface area contributed by atoms with Gasteiger partial charge in [0.05, 0.1) is 24.1 Å². The van der Waals surface area contributed by atoms with Gasteiger partial charge in [-0.15, -0.1) is 0 Å². The fourth-order valence-electron chi connectivity index (χ4n) is 3.05. The predicted octanol–water partition coefficient (Wildman–Crippen LogP) is 2.03. The normalized spacial score (nSPS) is 16.2. The first kappa shape index (κ1) is 14.7. The van der Waals surface area contributed by atoms with Crippen LogP contribution in [-0.2, 0) is 11.2 Å². The number of amides is 1. The number of benzene rings is 1. The van der Waals surface area contributed by atoms with Crippen LogP contribution in [0, 0.1) is 0 Å². The topological polar surface area (TPSA) is 70.6 Å². The van der Waals surface area contributed by atoms with Crippen LogP contribution in [0.1, 0.15) is 5.69 Å². The summed E-state index contributed by atoms with van der Waals surface area (Å²) in [4.78, 5) is 24.3. The lowest BCUT2D eigenvalue weighted by molar-refractivity contribution is 0.159. The van der Waals surface area contributed by atoms with Crippen LogP contribution in [0.4, 0.5) is 22.1 Å². The van der Waals surface area contributed by atoms with Crippen molar-refractivity contribution in [2.45, 2.75) is 6.42 Å². The number of carbonyl (C=O) groups excluding carboxylic acids is 1. The summed E-state index contributed by atoms with van der Waals surface area (Å²) < 4.78 is 4.91. The highest BCUT2D eigenvalue weighted by atomic mass is 16.6. The number of nitrogens with zero attached hydrogens (tertiary/aromatic N) is 4. The molecule has 3 heterocycles. The summed E-state index contributed by atoms with van der Waals surface area (Å²) in [7, 11) is 0. The van der Waals surface area contributed by atoms with Crippen LogP contribution in [0.25, 0.3) is 0 Å². The fraction of sp³-hybridized carbons (Fsp3) is 0.353. The van der Waals surface area contributed by atoms with Gasteiger partial charge in [0.15, 0.2) is 0 Å². The van der Waals surface area contributed by atoms with Crippen molar-refractivity contribution in [3.63, 3.8) is 0 Å². The molecule has 7 heteroatoms. The summed E-state index contributed by atoms with van der Waals surface area (Å²) in [5, 5.41) is 3.19. The number of cyclic esters (lactones) is 1. The summed E-state index contributed by atoms with van der Waals surface area (Å²) in [6.07, 6.45) is 2.53. The molecule has 2 aliphatic rings. The number of nitrogens with one attached hydrogen (secondary N) is 1. The molecule has 1 saturated heterocycles. The minimum atomic E-state index is -0.245. The molecule has 0 atom stereocenters. The van der Waals surface area contributed by atoms with E-state index in [4.69, 9.17) is 4.74 Å². The van der Waals surface area contributed by atoms with E-state index in [0.717, 1.165) is 30.0 Å². The second kappa shape index (κ2) is 6.35. The van der Waals surface area contributed by atoms with Gasteiger partial charge in [-0.1, -0.05) is 18.2 Å². The Labute approximate surface area is 140 Å². The van der Waals surface area contributed by atoms with Gasteiger partial charge in [-0.2, -0.15) is 0 Å². The van der Waals surface area contributed by atoms with Crippen molar-refractivity contribution in [2.75, 3.05) is 43.0 Å². The smallest absolute Gasteiger partial charge is 0.409 e. The van der Waals surface area contributed by atoms with E-state index in [-0.39, 0.29) is 6.09 Å². The molecule has 2 aromatic rings. The Morgan fingerprint density at radius 2 is 2.08 bits per heavy atom. The summed E-state index contributed by atoms with van der Waals surface area (Å²) in [6, 6.07) is 10.3. The van der Waals surface area contributed by atoms with E-state index in [1.54, 1.807) is 4.90 Å². The van der Waals surface area contributed by atoms with Crippen molar-refractivity contribution in [3.05, 3.63) is 42.2 Å². The Balaban J connectivity index is 1.40. The van der Waals surface area contributed by atoms with Gasteiger partial charge in [-0.25, -0.2) is 14.8 Å². The minimum Gasteiger partial charge on any atom is -0.448 e. The second-order valence-corrected chi connectivity index (χ2v) is 5.79. The van der Waals surface area contributed by atoms with Crippen LogP contribution < -0.4 is 10.2 Å². The number of hydrogen-bond donors (Lipinski definition) is 1. The number of para-hydroxylation sites is 1. The molecule has 2 aliphatic heterocycles. The molecular weight excluding hydrogens is 306 g/mol. The molecule has 1 amide bonds. The van der Waals surface area contributed by atoms with Crippen molar-refractivity contribution in [1.82, 2.24) is 14.9 Å². The second-order valence-electron chi connectivity index (χ2n) is 5.79. The number of hydrogen-bond acceptors (Lipinski definition) is 6. The molecular formula is C17H19N5O2. The molecule has 0 saturated carbocycles. The summed E-state index contributed by atoms with van der Waals surface area (Å²) >= 11 is 0. The molecule has 0 bridgehead atoms. The Morgan fingerprint density at radius 1 is 1.21 bits per heavy atom. The van der Waals surface area contributed by atoms with E-state index in [1.807, 2.05) is 24.4 Å². The maximum atomic E-state index is 11.4. The van der Waals surface area contributed by atoms with Gasteiger partial charge in [0.2, 0.25) is 5.95 Å². The monoisotopic (exact) mass is 325 g/mol. The van der Waals surface area contributed by atoms with Gasteiger partial charge in [-0.05, 0) is 12.1 Å². The highest BCUT2D eigenvalue weighted by Crippen LogP contribution is 2.32. The average Bonchev–Trinajstić information content (AvgIpc) is 3.22. The van der Waals surface area contributed by atoms with Crippen LogP contribution >= 0.6 is 0 Å². The van der Waals surface area contributed by atoms with Gasteiger partial charge >= 0.3 is 6.09 Å². The average molecular weight is 325 g/mol. The standard InChI is InChI=1S/C17H19N5O2/c23-17-21(10-11-24-17)9-7-18-16-19-12-15-14(20-16)6-8-22(15)13-4-2-1-3-5-13/h1-5,12H,6-11H2,(H,18,19,20). The number of anilines is 3. The molecule has 4 rings (SSSR count). The first-order valence-corrected chi connectivity index (χ1v) is 8.15. The molecule has 24 heavy (non-hydrogen) atoms. The first-order valence-electron chi connectivity index (χ1n) is 8.15. The van der Waals surface area contributed by atoms with Crippen molar-refractivity contribution in [1.29, 1.82) is 0 Å². The maximum absolute atomic E-state index is 11.4. The summed E-state index contributed by atoms with van der Waals surface area (Å²) in [5.74, 6) is 0.608. The maximum Gasteiger partial charge on any atom is 0.409 e. The molecule has 0 spiro atoms. The predicted molar refractivity (Wildman–Crippen MR) is 90.6 cm³/mol. The van der Waals surface area contributed by atoms with E-state index in [1.165, 1.54) is 0 Å². The zero-order valence-corrected chi connectivity index (χ0v) is 13.3. The lowest BCUT2D eigenvalue weighted by atomic mass is 10.3. The van der Waals surface area contributed by atoms with Gasteiger partial charge < -0.3 is 19.9 Å². The summed E-state index contributed by atoms with van der Waals surface area (Å²) in [6.45, 7) is 3.24. The van der Waals surface area contributed by atoms with E-state index in [2.05, 4.69) is 32.3 Å². The Morgan fingerprint density at radius 3 is 2.88 bits per heavy atom. The fourth-order valence-corrected chi connectivity index (χ4v) is 3.05. The van der Waals surface area contributed by atoms with Crippen LogP contribution in [0.5, 0.6) is 0 Å². The molecule has 0 aliphatic carbocycles. The highest BCUT2D eigenvalue weighted by molar-refractivity contribution is 5.69. The van der Waals surface area contributed by atoms with Crippen LogP contribution in [0.15, 0.2) is 36.5 Å². The van der Waals surface area contributed by atoms with Crippen molar-refractivity contribution in [2.24, 2.45) is 0 Å². The lowest BCUT2D eigenvalue weighted by Gasteiger charge is -2.18. The van der Waals surface area contributed by atoms with Crippen LogP contribution in [0.3, 0.4) is 0 Å². The lowest BCUT2D eigenvalue weighted by Crippen LogP contribution is -2.30. The Hall–Kier alpha value is -2.83. The van der Waals surface area contributed by atoms with E-state index >= 15 is 0 Å². The number of ether oxygens (including phenoxy) is 1. The Bertz CT molecular complexity index is 737. The first-order chi connectivity index (χ1) is 11.8. The zero-order valence-electron chi connectivity index (χ0n) is 13.3.